The maximum absolute atomic E-state index is 13.8. The van der Waals surface area contributed by atoms with Gasteiger partial charge in [-0.3, -0.25) is 4.98 Å². The van der Waals surface area contributed by atoms with Crippen LogP contribution in [0.4, 0.5) is 4.39 Å². The van der Waals surface area contributed by atoms with Gasteiger partial charge in [0.05, 0.1) is 15.9 Å². The molecule has 4 rings (SSSR count). The highest BCUT2D eigenvalue weighted by atomic mass is 32.1. The van der Waals surface area contributed by atoms with Crippen molar-refractivity contribution in [2.45, 2.75) is 26.4 Å². The zero-order valence-corrected chi connectivity index (χ0v) is 15.4. The van der Waals surface area contributed by atoms with Gasteiger partial charge in [0.15, 0.2) is 0 Å². The van der Waals surface area contributed by atoms with Gasteiger partial charge in [-0.15, -0.1) is 11.3 Å². The average Bonchev–Trinajstić information content (AvgIpc) is 3.27. The Kier molecular flexibility index (Phi) is 4.53. The number of imidazole rings is 1. The second kappa shape index (κ2) is 6.97. The van der Waals surface area contributed by atoms with E-state index >= 15 is 0 Å². The highest BCUT2D eigenvalue weighted by Crippen LogP contribution is 2.24. The van der Waals surface area contributed by atoms with E-state index in [0.29, 0.717) is 6.54 Å². The fourth-order valence-corrected chi connectivity index (χ4v) is 3.83. The topological polar surface area (TPSA) is 42.7 Å². The summed E-state index contributed by atoms with van der Waals surface area (Å²) < 4.78 is 17.0. The average molecular weight is 366 g/mol. The predicted molar refractivity (Wildman–Crippen MR) is 103 cm³/mol. The van der Waals surface area contributed by atoms with Crippen molar-refractivity contribution >= 4 is 21.6 Å². The number of pyridine rings is 1. The van der Waals surface area contributed by atoms with E-state index in [1.165, 1.54) is 10.8 Å². The van der Waals surface area contributed by atoms with Crippen molar-refractivity contribution in [1.82, 2.24) is 19.9 Å². The number of aromatic nitrogens is 3. The minimum atomic E-state index is -0.238. The molecule has 0 saturated heterocycles. The highest BCUT2D eigenvalue weighted by molar-refractivity contribution is 7.17. The first-order valence-corrected chi connectivity index (χ1v) is 9.35. The van der Waals surface area contributed by atoms with Gasteiger partial charge >= 0.3 is 0 Å². The first kappa shape index (κ1) is 16.9. The Balaban J connectivity index is 1.57. The lowest BCUT2D eigenvalue weighted by Crippen LogP contribution is -2.19. The molecule has 0 radical (unpaired) electrons. The molecule has 3 heterocycles. The largest absolute Gasteiger partial charge is 0.306 e. The van der Waals surface area contributed by atoms with Gasteiger partial charge in [0, 0.05) is 31.2 Å². The van der Waals surface area contributed by atoms with E-state index in [4.69, 9.17) is 0 Å². The monoisotopic (exact) mass is 366 g/mol. The second-order valence-electron chi connectivity index (χ2n) is 6.29. The molecule has 26 heavy (non-hydrogen) atoms. The van der Waals surface area contributed by atoms with Crippen molar-refractivity contribution in [3.05, 3.63) is 77.1 Å². The number of fused-ring (bicyclic) bond motifs is 1. The number of hydrogen-bond acceptors (Lipinski definition) is 4. The summed E-state index contributed by atoms with van der Waals surface area (Å²) in [5.41, 5.74) is 3.97. The molecule has 1 unspecified atom stereocenters. The summed E-state index contributed by atoms with van der Waals surface area (Å²) in [4.78, 5) is 8.76. The number of thiophene rings is 1. The summed E-state index contributed by atoms with van der Waals surface area (Å²) in [5, 5.41) is 5.53. The van der Waals surface area contributed by atoms with Gasteiger partial charge < -0.3 is 9.88 Å². The molecule has 4 nitrogen and oxygen atoms in total. The Morgan fingerprint density at radius 2 is 2.12 bits per heavy atom. The Bertz CT molecular complexity index is 1050. The summed E-state index contributed by atoms with van der Waals surface area (Å²) in [6.07, 6.45) is 5.55. The van der Waals surface area contributed by atoms with E-state index in [-0.39, 0.29) is 11.9 Å². The van der Waals surface area contributed by atoms with Crippen molar-refractivity contribution in [3.63, 3.8) is 0 Å². The van der Waals surface area contributed by atoms with Gasteiger partial charge in [0.1, 0.15) is 11.6 Å². The van der Waals surface area contributed by atoms with E-state index in [2.05, 4.69) is 28.3 Å². The molecular formula is C20H19FN4S. The molecule has 4 aromatic rings. The quantitative estimate of drug-likeness (QED) is 0.553. The van der Waals surface area contributed by atoms with Crippen LogP contribution in [0.3, 0.4) is 0 Å². The maximum Gasteiger partial charge on any atom is 0.123 e. The maximum atomic E-state index is 13.8. The van der Waals surface area contributed by atoms with Gasteiger partial charge in [-0.05, 0) is 60.7 Å². The molecule has 1 N–H and O–H groups in total. The molecule has 0 saturated carbocycles. The first-order chi connectivity index (χ1) is 12.6. The molecule has 1 aromatic carbocycles. The van der Waals surface area contributed by atoms with Crippen molar-refractivity contribution in [2.24, 2.45) is 0 Å². The fraction of sp³-hybridized carbons (Fsp3) is 0.200. The van der Waals surface area contributed by atoms with Crippen LogP contribution < -0.4 is 5.32 Å². The van der Waals surface area contributed by atoms with Crippen molar-refractivity contribution in [1.29, 1.82) is 0 Å². The van der Waals surface area contributed by atoms with Gasteiger partial charge in [0.25, 0.3) is 0 Å². The number of halogens is 1. The molecule has 1 atom stereocenters. The Morgan fingerprint density at radius 3 is 2.92 bits per heavy atom. The molecule has 132 valence electrons. The van der Waals surface area contributed by atoms with E-state index in [9.17, 15) is 4.39 Å². The minimum absolute atomic E-state index is 0.106. The van der Waals surface area contributed by atoms with Crippen LogP contribution in [0.5, 0.6) is 0 Å². The SMILES string of the molecule is Cc1nccn1-c1ccc(F)cc1CNC(C)c1cnc2ccsc2c1. The van der Waals surface area contributed by atoms with E-state index in [0.717, 1.165) is 28.2 Å². The Morgan fingerprint density at radius 1 is 1.23 bits per heavy atom. The lowest BCUT2D eigenvalue weighted by molar-refractivity contribution is 0.567. The fourth-order valence-electron chi connectivity index (χ4n) is 3.04. The highest BCUT2D eigenvalue weighted by Gasteiger charge is 2.12. The molecule has 3 aromatic heterocycles. The number of rotatable bonds is 5. The second-order valence-corrected chi connectivity index (χ2v) is 7.24. The van der Waals surface area contributed by atoms with Crippen molar-refractivity contribution < 1.29 is 4.39 Å². The zero-order chi connectivity index (χ0) is 18.1. The van der Waals surface area contributed by atoms with Crippen LogP contribution in [-0.4, -0.2) is 14.5 Å². The van der Waals surface area contributed by atoms with Crippen molar-refractivity contribution in [3.8, 4) is 5.69 Å². The van der Waals surface area contributed by atoms with E-state index < -0.39 is 0 Å². The summed E-state index contributed by atoms with van der Waals surface area (Å²) >= 11 is 1.69. The number of benzene rings is 1. The normalized spacial score (nSPS) is 12.6. The summed E-state index contributed by atoms with van der Waals surface area (Å²) in [7, 11) is 0. The standard InChI is InChI=1S/C20H19FN4S/c1-13(15-10-20-18(24-11-15)5-8-26-20)23-12-16-9-17(21)3-4-19(16)25-7-6-22-14(25)2/h3-11,13,23H,12H2,1-2H3. The summed E-state index contributed by atoms with van der Waals surface area (Å²) in [6.45, 7) is 4.58. The van der Waals surface area contributed by atoms with E-state index in [1.54, 1.807) is 29.7 Å². The van der Waals surface area contributed by atoms with Crippen LogP contribution in [0, 0.1) is 12.7 Å². The first-order valence-electron chi connectivity index (χ1n) is 8.47. The molecule has 0 fully saturated rings. The van der Waals surface area contributed by atoms with Crippen LogP contribution in [0.15, 0.2) is 54.3 Å². The van der Waals surface area contributed by atoms with Crippen LogP contribution >= 0.6 is 11.3 Å². The predicted octanol–water partition coefficient (Wildman–Crippen LogP) is 4.78. The smallest absolute Gasteiger partial charge is 0.123 e. The number of aryl methyl sites for hydroxylation is 1. The Hall–Kier alpha value is -2.57. The van der Waals surface area contributed by atoms with Crippen LogP contribution in [-0.2, 0) is 6.54 Å². The van der Waals surface area contributed by atoms with E-state index in [1.807, 2.05) is 35.3 Å². The third-order valence-corrected chi connectivity index (χ3v) is 5.40. The molecule has 0 spiro atoms. The lowest BCUT2D eigenvalue weighted by atomic mass is 10.1. The minimum Gasteiger partial charge on any atom is -0.306 e. The summed E-state index contributed by atoms with van der Waals surface area (Å²) in [5.74, 6) is 0.635. The number of nitrogens with one attached hydrogen (secondary N) is 1. The zero-order valence-electron chi connectivity index (χ0n) is 14.6. The van der Waals surface area contributed by atoms with Crippen molar-refractivity contribution in [2.75, 3.05) is 0 Å². The van der Waals surface area contributed by atoms with Gasteiger partial charge in [0.2, 0.25) is 0 Å². The molecule has 6 heteroatoms. The molecule has 0 amide bonds. The van der Waals surface area contributed by atoms with Crippen LogP contribution in [0.25, 0.3) is 15.9 Å². The number of nitrogens with zero attached hydrogens (tertiary/aromatic N) is 3. The third kappa shape index (κ3) is 3.25. The molecule has 0 aliphatic rings. The molecule has 0 aliphatic heterocycles. The number of hydrogen-bond donors (Lipinski definition) is 1. The molecule has 0 aliphatic carbocycles. The molecular weight excluding hydrogens is 347 g/mol. The summed E-state index contributed by atoms with van der Waals surface area (Å²) in [6, 6.07) is 9.15. The Labute approximate surface area is 155 Å². The van der Waals surface area contributed by atoms with Gasteiger partial charge in [-0.1, -0.05) is 0 Å². The van der Waals surface area contributed by atoms with Crippen LogP contribution in [0.2, 0.25) is 0 Å². The van der Waals surface area contributed by atoms with Gasteiger partial charge in [-0.25, -0.2) is 9.37 Å². The van der Waals surface area contributed by atoms with Gasteiger partial charge in [-0.2, -0.15) is 0 Å². The molecule has 0 bridgehead atoms. The third-order valence-electron chi connectivity index (χ3n) is 4.55. The van der Waals surface area contributed by atoms with Crippen LogP contribution in [0.1, 0.15) is 29.9 Å². The lowest BCUT2D eigenvalue weighted by Gasteiger charge is -2.17.